The zero-order valence-corrected chi connectivity index (χ0v) is 14.3. The molecule has 2 rings (SSSR count). The third-order valence-corrected chi connectivity index (χ3v) is 3.86. The van der Waals surface area contributed by atoms with E-state index in [1.54, 1.807) is 36.2 Å². The molecule has 1 fully saturated rings. The molecule has 0 unspecified atom stereocenters. The van der Waals surface area contributed by atoms with Crippen molar-refractivity contribution in [2.24, 2.45) is 0 Å². The highest BCUT2D eigenvalue weighted by molar-refractivity contribution is 6.35. The summed E-state index contributed by atoms with van der Waals surface area (Å²) in [5.74, 6) is -0.165. The molecule has 0 spiro atoms. The molecule has 0 saturated carbocycles. The molecule has 7 heteroatoms. The lowest BCUT2D eigenvalue weighted by Crippen LogP contribution is -2.47. The lowest BCUT2D eigenvalue weighted by molar-refractivity contribution is 0.0886. The highest BCUT2D eigenvalue weighted by Crippen LogP contribution is 2.19. The molecular formula is C16H18Cl2N2O3. The van der Waals surface area contributed by atoms with Gasteiger partial charge in [-0.3, -0.25) is 4.79 Å². The number of piperazine rings is 1. The molecule has 0 aliphatic carbocycles. The SMILES string of the molecule is CCOC(=O)N1CCN(/C=C/C(=O)c2cc(Cl)cc(Cl)c2)CC1. The molecule has 1 aromatic rings. The van der Waals surface area contributed by atoms with Crippen molar-refractivity contribution in [2.75, 3.05) is 32.8 Å². The first-order valence-corrected chi connectivity index (χ1v) is 8.09. The molecule has 0 N–H and O–H groups in total. The molecule has 1 aliphatic heterocycles. The highest BCUT2D eigenvalue weighted by Gasteiger charge is 2.20. The average molecular weight is 357 g/mol. The summed E-state index contributed by atoms with van der Waals surface area (Å²) >= 11 is 11.8. The summed E-state index contributed by atoms with van der Waals surface area (Å²) in [5, 5.41) is 0.856. The largest absolute Gasteiger partial charge is 0.450 e. The molecule has 1 amide bonds. The first kappa shape index (κ1) is 17.6. The van der Waals surface area contributed by atoms with E-state index in [-0.39, 0.29) is 11.9 Å². The van der Waals surface area contributed by atoms with Crippen LogP contribution in [0.5, 0.6) is 0 Å². The summed E-state index contributed by atoms with van der Waals surface area (Å²) in [4.78, 5) is 27.4. The minimum Gasteiger partial charge on any atom is -0.450 e. The predicted molar refractivity (Wildman–Crippen MR) is 90.1 cm³/mol. The maximum atomic E-state index is 12.1. The molecule has 0 bridgehead atoms. The Hall–Kier alpha value is -1.72. The maximum Gasteiger partial charge on any atom is 0.409 e. The van der Waals surface area contributed by atoms with Crippen molar-refractivity contribution in [3.63, 3.8) is 0 Å². The number of hydrogen-bond donors (Lipinski definition) is 0. The van der Waals surface area contributed by atoms with Crippen molar-refractivity contribution in [2.45, 2.75) is 6.92 Å². The van der Waals surface area contributed by atoms with E-state index in [9.17, 15) is 9.59 Å². The molecule has 5 nitrogen and oxygen atoms in total. The summed E-state index contributed by atoms with van der Waals surface area (Å²) in [6.45, 7) is 4.60. The molecule has 0 atom stereocenters. The molecule has 1 heterocycles. The number of allylic oxidation sites excluding steroid dienone is 1. The number of hydrogen-bond acceptors (Lipinski definition) is 4. The van der Waals surface area contributed by atoms with E-state index in [1.165, 1.54) is 6.08 Å². The summed E-state index contributed by atoms with van der Waals surface area (Å²) in [6, 6.07) is 4.75. The minimum absolute atomic E-state index is 0.165. The lowest BCUT2D eigenvalue weighted by Gasteiger charge is -2.33. The van der Waals surface area contributed by atoms with E-state index >= 15 is 0 Å². The molecule has 124 valence electrons. The Morgan fingerprint density at radius 2 is 1.74 bits per heavy atom. The maximum absolute atomic E-state index is 12.1. The number of nitrogens with zero attached hydrogens (tertiary/aromatic N) is 2. The monoisotopic (exact) mass is 356 g/mol. The smallest absolute Gasteiger partial charge is 0.409 e. The normalized spacial score (nSPS) is 15.1. The van der Waals surface area contributed by atoms with E-state index in [1.807, 2.05) is 4.90 Å². The number of halogens is 2. The van der Waals surface area contributed by atoms with Gasteiger partial charge in [0.1, 0.15) is 0 Å². The van der Waals surface area contributed by atoms with Gasteiger partial charge in [0.15, 0.2) is 5.78 Å². The van der Waals surface area contributed by atoms with Crippen LogP contribution in [0.15, 0.2) is 30.5 Å². The van der Waals surface area contributed by atoms with E-state index in [4.69, 9.17) is 27.9 Å². The van der Waals surface area contributed by atoms with Crippen LogP contribution in [0.4, 0.5) is 4.79 Å². The van der Waals surface area contributed by atoms with Crippen LogP contribution in [-0.4, -0.2) is 54.5 Å². The van der Waals surface area contributed by atoms with Gasteiger partial charge < -0.3 is 14.5 Å². The molecule has 1 aliphatic rings. The number of carbonyl (C=O) groups is 2. The molecule has 1 saturated heterocycles. The molecule has 1 aromatic carbocycles. The van der Waals surface area contributed by atoms with Crippen molar-refractivity contribution >= 4 is 35.1 Å². The number of ketones is 1. The number of carbonyl (C=O) groups excluding carboxylic acids is 2. The average Bonchev–Trinajstić information content (AvgIpc) is 2.52. The van der Waals surface area contributed by atoms with Crippen LogP contribution < -0.4 is 0 Å². The van der Waals surface area contributed by atoms with Crippen LogP contribution >= 0.6 is 23.2 Å². The van der Waals surface area contributed by atoms with E-state index in [2.05, 4.69) is 0 Å². The number of ether oxygens (including phenoxy) is 1. The van der Waals surface area contributed by atoms with Gasteiger partial charge in [-0.15, -0.1) is 0 Å². The van der Waals surface area contributed by atoms with E-state index in [0.29, 0.717) is 48.4 Å². The second kappa shape index (κ2) is 8.22. The molecule has 23 heavy (non-hydrogen) atoms. The van der Waals surface area contributed by atoms with Crippen molar-refractivity contribution in [3.8, 4) is 0 Å². The summed E-state index contributed by atoms with van der Waals surface area (Å²) < 4.78 is 4.97. The second-order valence-corrected chi connectivity index (χ2v) is 5.93. The van der Waals surface area contributed by atoms with Crippen molar-refractivity contribution < 1.29 is 14.3 Å². The van der Waals surface area contributed by atoms with Crippen LogP contribution in [0, 0.1) is 0 Å². The summed E-state index contributed by atoms with van der Waals surface area (Å²) in [5.41, 5.74) is 0.448. The van der Waals surface area contributed by atoms with Crippen molar-refractivity contribution in [1.29, 1.82) is 0 Å². The lowest BCUT2D eigenvalue weighted by atomic mass is 10.1. The van der Waals surface area contributed by atoms with Crippen molar-refractivity contribution in [3.05, 3.63) is 46.1 Å². The van der Waals surface area contributed by atoms with Crippen molar-refractivity contribution in [1.82, 2.24) is 9.80 Å². The number of benzene rings is 1. The van der Waals surface area contributed by atoms with E-state index in [0.717, 1.165) is 0 Å². The predicted octanol–water partition coefficient (Wildman–Crippen LogP) is 3.46. The van der Waals surface area contributed by atoms with Gasteiger partial charge in [-0.25, -0.2) is 4.79 Å². The second-order valence-electron chi connectivity index (χ2n) is 5.06. The first-order valence-electron chi connectivity index (χ1n) is 7.34. The fourth-order valence-corrected chi connectivity index (χ4v) is 2.76. The first-order chi connectivity index (χ1) is 11.0. The Balaban J connectivity index is 1.89. The Morgan fingerprint density at radius 3 is 2.30 bits per heavy atom. The molecule has 0 aromatic heterocycles. The van der Waals surface area contributed by atoms with Gasteiger partial charge in [-0.2, -0.15) is 0 Å². The minimum atomic E-state index is -0.291. The summed E-state index contributed by atoms with van der Waals surface area (Å²) in [7, 11) is 0. The van der Waals surface area contributed by atoms with Gasteiger partial charge in [0.05, 0.1) is 6.61 Å². The standard InChI is InChI=1S/C16H18Cl2N2O3/c1-2-23-16(22)20-7-5-19(6-8-20)4-3-15(21)12-9-13(17)11-14(18)10-12/h3-4,9-11H,2,5-8H2,1H3/b4-3+. The van der Waals surface area contributed by atoms with Gasteiger partial charge in [0.2, 0.25) is 0 Å². The quantitative estimate of drug-likeness (QED) is 0.612. The molecular weight excluding hydrogens is 339 g/mol. The van der Waals surface area contributed by atoms with Gasteiger partial charge in [-0.1, -0.05) is 23.2 Å². The zero-order valence-electron chi connectivity index (χ0n) is 12.8. The van der Waals surface area contributed by atoms with Gasteiger partial charge in [0, 0.05) is 54.1 Å². The Bertz CT molecular complexity index is 591. The van der Waals surface area contributed by atoms with Gasteiger partial charge in [-0.05, 0) is 25.1 Å². The fourth-order valence-electron chi connectivity index (χ4n) is 2.23. The van der Waals surface area contributed by atoms with Gasteiger partial charge >= 0.3 is 6.09 Å². The third-order valence-electron chi connectivity index (χ3n) is 3.42. The number of amides is 1. The molecule has 0 radical (unpaired) electrons. The van der Waals surface area contributed by atoms with Crippen LogP contribution in [0.25, 0.3) is 0 Å². The van der Waals surface area contributed by atoms with Crippen LogP contribution in [0.2, 0.25) is 10.0 Å². The summed E-state index contributed by atoms with van der Waals surface area (Å²) in [6.07, 6.45) is 2.93. The highest BCUT2D eigenvalue weighted by atomic mass is 35.5. The Kier molecular flexibility index (Phi) is 6.30. The number of rotatable bonds is 4. The van der Waals surface area contributed by atoms with Gasteiger partial charge in [0.25, 0.3) is 0 Å². The van der Waals surface area contributed by atoms with Crippen LogP contribution in [0.1, 0.15) is 17.3 Å². The topological polar surface area (TPSA) is 49.9 Å². The fraction of sp³-hybridized carbons (Fsp3) is 0.375. The van der Waals surface area contributed by atoms with E-state index < -0.39 is 0 Å². The van der Waals surface area contributed by atoms with Crippen LogP contribution in [0.3, 0.4) is 0 Å². The Labute approximate surface area is 145 Å². The third kappa shape index (κ3) is 5.15. The zero-order chi connectivity index (χ0) is 16.8. The Morgan fingerprint density at radius 1 is 1.13 bits per heavy atom. The van der Waals surface area contributed by atoms with Crippen LogP contribution in [-0.2, 0) is 4.74 Å².